The van der Waals surface area contributed by atoms with Crippen LogP contribution in [0.2, 0.25) is 0 Å². The number of aryl methyl sites for hydroxylation is 1. The minimum absolute atomic E-state index is 0.162. The molecule has 2 amide bonds. The summed E-state index contributed by atoms with van der Waals surface area (Å²) in [5.74, 6) is 0.875. The normalized spacial score (nSPS) is 27.7. The maximum Gasteiger partial charge on any atom is 0.235 e. The molecule has 168 valence electrons. The average molecular weight is 439 g/mol. The zero-order valence-electron chi connectivity index (χ0n) is 18.2. The van der Waals surface area contributed by atoms with E-state index < -0.39 is 23.5 Å². The molecular formula is C23H25N3O6. The molecule has 5 rings (SSSR count). The fourth-order valence-corrected chi connectivity index (χ4v) is 4.96. The number of benzene rings is 1. The van der Waals surface area contributed by atoms with Crippen LogP contribution in [0.15, 0.2) is 40.9 Å². The van der Waals surface area contributed by atoms with Gasteiger partial charge in [-0.1, -0.05) is 23.4 Å². The second kappa shape index (κ2) is 7.67. The van der Waals surface area contributed by atoms with Crippen LogP contribution >= 0.6 is 0 Å². The molecule has 2 bridgehead atoms. The van der Waals surface area contributed by atoms with Gasteiger partial charge in [0.25, 0.3) is 0 Å². The lowest BCUT2D eigenvalue weighted by Crippen LogP contribution is -2.44. The number of fused-ring (bicyclic) bond motifs is 1. The Kier molecular flexibility index (Phi) is 4.93. The van der Waals surface area contributed by atoms with Gasteiger partial charge in [0, 0.05) is 12.6 Å². The third kappa shape index (κ3) is 3.15. The zero-order valence-corrected chi connectivity index (χ0v) is 18.2. The van der Waals surface area contributed by atoms with Gasteiger partial charge in [0.15, 0.2) is 17.3 Å². The molecule has 32 heavy (non-hydrogen) atoms. The van der Waals surface area contributed by atoms with E-state index in [0.29, 0.717) is 42.6 Å². The molecule has 1 aromatic carbocycles. The Bertz CT molecular complexity index is 1100. The first-order valence-electron chi connectivity index (χ1n) is 10.6. The summed E-state index contributed by atoms with van der Waals surface area (Å²) in [5, 5.41) is 6.95. The lowest BCUT2D eigenvalue weighted by atomic mass is 9.77. The quantitative estimate of drug-likeness (QED) is 0.655. The van der Waals surface area contributed by atoms with Crippen LogP contribution in [0.25, 0.3) is 0 Å². The smallest absolute Gasteiger partial charge is 0.235 e. The van der Waals surface area contributed by atoms with Gasteiger partial charge >= 0.3 is 0 Å². The maximum absolute atomic E-state index is 13.2. The molecule has 2 aromatic rings. The number of amides is 2. The number of methoxy groups -OCH3 is 2. The van der Waals surface area contributed by atoms with E-state index in [1.54, 1.807) is 32.1 Å². The van der Waals surface area contributed by atoms with Crippen LogP contribution in [0.1, 0.15) is 11.3 Å². The first-order valence-corrected chi connectivity index (χ1v) is 10.6. The second-order valence-electron chi connectivity index (χ2n) is 8.35. The largest absolute Gasteiger partial charge is 0.493 e. The van der Waals surface area contributed by atoms with Gasteiger partial charge in [-0.3, -0.25) is 14.5 Å². The number of hydrogen-bond donors (Lipinski definition) is 1. The molecule has 1 N–H and O–H groups in total. The Labute approximate surface area is 185 Å². The molecule has 9 nitrogen and oxygen atoms in total. The standard InChI is InChI=1S/C23H25N3O6/c1-13-10-18(25-32-13)26-12-23-8-6-16(31-23)19(20(23)22(26)28)21(27)24-9-7-14-4-5-15(29-2)17(11-14)30-3/h4-6,8,10-11,16,19-20H,7,9,12H2,1-3H3,(H,24,27)/t16-,19-,20-,23-/m0/s1. The molecule has 4 atom stereocenters. The van der Waals surface area contributed by atoms with E-state index in [1.165, 1.54) is 0 Å². The Morgan fingerprint density at radius 3 is 2.81 bits per heavy atom. The summed E-state index contributed by atoms with van der Waals surface area (Å²) in [6, 6.07) is 7.38. The van der Waals surface area contributed by atoms with Crippen molar-refractivity contribution in [1.82, 2.24) is 10.5 Å². The molecule has 1 spiro atoms. The van der Waals surface area contributed by atoms with Crippen molar-refractivity contribution >= 4 is 17.6 Å². The summed E-state index contributed by atoms with van der Waals surface area (Å²) in [6.07, 6.45) is 4.03. The summed E-state index contributed by atoms with van der Waals surface area (Å²) in [6.45, 7) is 2.53. The van der Waals surface area contributed by atoms with E-state index in [-0.39, 0.29) is 11.8 Å². The van der Waals surface area contributed by atoms with Crippen molar-refractivity contribution in [3.63, 3.8) is 0 Å². The molecular weight excluding hydrogens is 414 g/mol. The predicted molar refractivity (Wildman–Crippen MR) is 114 cm³/mol. The predicted octanol–water partition coefficient (Wildman–Crippen LogP) is 1.65. The van der Waals surface area contributed by atoms with E-state index in [2.05, 4.69) is 10.5 Å². The molecule has 0 unspecified atom stereocenters. The summed E-state index contributed by atoms with van der Waals surface area (Å²) in [5.41, 5.74) is 0.216. The van der Waals surface area contributed by atoms with Crippen molar-refractivity contribution in [2.45, 2.75) is 25.0 Å². The highest BCUT2D eigenvalue weighted by Gasteiger charge is 2.67. The van der Waals surface area contributed by atoms with Crippen LogP contribution in [-0.4, -0.2) is 56.0 Å². The van der Waals surface area contributed by atoms with Gasteiger partial charge in [0.2, 0.25) is 11.8 Å². The van der Waals surface area contributed by atoms with Gasteiger partial charge in [0.1, 0.15) is 11.4 Å². The van der Waals surface area contributed by atoms with Crippen LogP contribution in [0.3, 0.4) is 0 Å². The van der Waals surface area contributed by atoms with Crippen LogP contribution in [-0.2, 0) is 20.7 Å². The zero-order chi connectivity index (χ0) is 22.5. The first-order chi connectivity index (χ1) is 15.5. The third-order valence-corrected chi connectivity index (χ3v) is 6.46. The van der Waals surface area contributed by atoms with Crippen LogP contribution < -0.4 is 19.7 Å². The maximum atomic E-state index is 13.2. The van der Waals surface area contributed by atoms with Gasteiger partial charge in [-0.05, 0) is 31.0 Å². The fraction of sp³-hybridized carbons (Fsp3) is 0.435. The number of ether oxygens (including phenoxy) is 3. The Morgan fingerprint density at radius 2 is 2.09 bits per heavy atom. The van der Waals surface area contributed by atoms with Gasteiger partial charge < -0.3 is 24.1 Å². The number of nitrogens with one attached hydrogen (secondary N) is 1. The van der Waals surface area contributed by atoms with Crippen LogP contribution in [0.5, 0.6) is 11.5 Å². The van der Waals surface area contributed by atoms with Gasteiger partial charge in [0.05, 0.1) is 38.7 Å². The summed E-state index contributed by atoms with van der Waals surface area (Å²) in [7, 11) is 3.18. The molecule has 1 aromatic heterocycles. The first kappa shape index (κ1) is 20.6. The van der Waals surface area contributed by atoms with Crippen molar-refractivity contribution in [2.24, 2.45) is 11.8 Å². The number of hydrogen-bond acceptors (Lipinski definition) is 7. The van der Waals surface area contributed by atoms with E-state index in [1.807, 2.05) is 30.4 Å². The van der Waals surface area contributed by atoms with Crippen molar-refractivity contribution in [2.75, 3.05) is 32.2 Å². The molecule has 3 aliphatic rings. The van der Waals surface area contributed by atoms with Gasteiger partial charge in [-0.25, -0.2) is 0 Å². The van der Waals surface area contributed by atoms with E-state index >= 15 is 0 Å². The highest BCUT2D eigenvalue weighted by atomic mass is 16.5. The van der Waals surface area contributed by atoms with Crippen LogP contribution in [0.4, 0.5) is 5.82 Å². The molecule has 0 aliphatic carbocycles. The lowest BCUT2D eigenvalue weighted by molar-refractivity contribution is -0.131. The highest BCUT2D eigenvalue weighted by molar-refractivity contribution is 6.02. The number of rotatable bonds is 7. The highest BCUT2D eigenvalue weighted by Crippen LogP contribution is 2.52. The number of carbonyl (C=O) groups is 2. The van der Waals surface area contributed by atoms with Gasteiger partial charge in [-0.15, -0.1) is 0 Å². The minimum atomic E-state index is -0.792. The number of carbonyl (C=O) groups excluding carboxylic acids is 2. The minimum Gasteiger partial charge on any atom is -0.493 e. The topological polar surface area (TPSA) is 103 Å². The van der Waals surface area contributed by atoms with Crippen molar-refractivity contribution in [1.29, 1.82) is 0 Å². The van der Waals surface area contributed by atoms with E-state index in [9.17, 15) is 9.59 Å². The number of nitrogens with zero attached hydrogens (tertiary/aromatic N) is 2. The number of anilines is 1. The molecule has 0 radical (unpaired) electrons. The SMILES string of the molecule is COc1ccc(CCNC(=O)[C@H]2[C@@H]3C=C[C@@]4(CN(c5cc(C)on5)C(=O)[C@H]24)O3)cc1OC. The summed E-state index contributed by atoms with van der Waals surface area (Å²) < 4.78 is 21.9. The van der Waals surface area contributed by atoms with E-state index in [4.69, 9.17) is 18.7 Å². The van der Waals surface area contributed by atoms with Crippen molar-refractivity contribution in [3.8, 4) is 11.5 Å². The van der Waals surface area contributed by atoms with E-state index in [0.717, 1.165) is 5.56 Å². The van der Waals surface area contributed by atoms with Crippen molar-refractivity contribution in [3.05, 3.63) is 47.7 Å². The van der Waals surface area contributed by atoms with Crippen LogP contribution in [0, 0.1) is 18.8 Å². The average Bonchev–Trinajstić information content (AvgIpc) is 3.54. The summed E-state index contributed by atoms with van der Waals surface area (Å²) >= 11 is 0. The monoisotopic (exact) mass is 439 g/mol. The molecule has 0 saturated carbocycles. The third-order valence-electron chi connectivity index (χ3n) is 6.46. The fourth-order valence-electron chi connectivity index (χ4n) is 4.96. The summed E-state index contributed by atoms with van der Waals surface area (Å²) in [4.78, 5) is 27.9. The molecule has 4 heterocycles. The number of aromatic nitrogens is 1. The molecule has 9 heteroatoms. The molecule has 2 fully saturated rings. The molecule has 2 saturated heterocycles. The lowest BCUT2D eigenvalue weighted by Gasteiger charge is -2.23. The Balaban J connectivity index is 1.27. The molecule has 3 aliphatic heterocycles. The Morgan fingerprint density at radius 1 is 1.28 bits per heavy atom. The van der Waals surface area contributed by atoms with Gasteiger partial charge in [-0.2, -0.15) is 0 Å². The second-order valence-corrected chi connectivity index (χ2v) is 8.35. The van der Waals surface area contributed by atoms with Crippen molar-refractivity contribution < 1.29 is 28.3 Å². The Hall–Kier alpha value is -3.33.